The lowest BCUT2D eigenvalue weighted by molar-refractivity contribution is -0.116. The summed E-state index contributed by atoms with van der Waals surface area (Å²) in [6.07, 6.45) is 0.506. The van der Waals surface area contributed by atoms with Crippen LogP contribution in [0.3, 0.4) is 0 Å². The van der Waals surface area contributed by atoms with Crippen molar-refractivity contribution in [3.8, 4) is 0 Å². The molecule has 1 aliphatic rings. The smallest absolute Gasteiger partial charge is 0.236 e. The van der Waals surface area contributed by atoms with E-state index in [2.05, 4.69) is 13.0 Å². The van der Waals surface area contributed by atoms with E-state index in [1.54, 1.807) is 4.90 Å². The molecule has 0 N–H and O–H groups in total. The number of carbonyl (C=O) groups is 1. The lowest BCUT2D eigenvalue weighted by atomic mass is 10.1. The highest BCUT2D eigenvalue weighted by atomic mass is 16.2. The topological polar surface area (TPSA) is 20.3 Å². The zero-order valence-electron chi connectivity index (χ0n) is 9.68. The third-order valence-electron chi connectivity index (χ3n) is 3.08. The van der Waals surface area contributed by atoms with Crippen LogP contribution in [0.2, 0.25) is 0 Å². The van der Waals surface area contributed by atoms with E-state index in [0.717, 1.165) is 16.9 Å². The molecule has 1 aliphatic heterocycles. The molecule has 2 heteroatoms. The predicted octanol–water partition coefficient (Wildman–Crippen LogP) is 3.22. The molecule has 0 atom stereocenters. The first kappa shape index (κ1) is 10.1. The highest BCUT2D eigenvalue weighted by Crippen LogP contribution is 2.35. The van der Waals surface area contributed by atoms with Crippen molar-refractivity contribution in [2.75, 3.05) is 4.90 Å². The largest absolute Gasteiger partial charge is 0.280 e. The van der Waals surface area contributed by atoms with Gasteiger partial charge in [-0.2, -0.15) is 0 Å². The van der Waals surface area contributed by atoms with E-state index in [4.69, 9.17) is 0 Å². The van der Waals surface area contributed by atoms with Crippen molar-refractivity contribution in [3.05, 3.63) is 59.7 Å². The summed E-state index contributed by atoms with van der Waals surface area (Å²) >= 11 is 0. The number of hydrogen-bond donors (Lipinski definition) is 0. The number of aryl methyl sites for hydroxylation is 1. The Labute approximate surface area is 100 Å². The minimum absolute atomic E-state index is 0.150. The van der Waals surface area contributed by atoms with E-state index in [-0.39, 0.29) is 5.91 Å². The molecule has 0 spiro atoms. The Balaban J connectivity index is 2.12. The van der Waals surface area contributed by atoms with Crippen LogP contribution < -0.4 is 4.90 Å². The molecule has 0 fully saturated rings. The minimum atomic E-state index is 0.150. The van der Waals surface area contributed by atoms with Gasteiger partial charge < -0.3 is 0 Å². The van der Waals surface area contributed by atoms with Gasteiger partial charge in [0.05, 0.1) is 12.1 Å². The number of rotatable bonds is 1. The lowest BCUT2D eigenvalue weighted by Gasteiger charge is -2.17. The Morgan fingerprint density at radius 1 is 1.06 bits per heavy atom. The second-order valence-electron chi connectivity index (χ2n) is 4.37. The fourth-order valence-corrected chi connectivity index (χ4v) is 2.31. The molecule has 0 aliphatic carbocycles. The van der Waals surface area contributed by atoms with Gasteiger partial charge in [0.1, 0.15) is 0 Å². The van der Waals surface area contributed by atoms with Crippen molar-refractivity contribution in [3.63, 3.8) is 0 Å². The van der Waals surface area contributed by atoms with Gasteiger partial charge in [-0.1, -0.05) is 35.9 Å². The fraction of sp³-hybridized carbons (Fsp3) is 0.133. The first-order valence-electron chi connectivity index (χ1n) is 5.73. The van der Waals surface area contributed by atoms with Crippen LogP contribution >= 0.6 is 0 Å². The van der Waals surface area contributed by atoms with Crippen molar-refractivity contribution in [1.29, 1.82) is 0 Å². The van der Waals surface area contributed by atoms with Crippen LogP contribution in [-0.4, -0.2) is 5.91 Å². The minimum Gasteiger partial charge on any atom is -0.280 e. The second-order valence-corrected chi connectivity index (χ2v) is 4.37. The number of para-hydroxylation sites is 1. The van der Waals surface area contributed by atoms with Crippen LogP contribution in [-0.2, 0) is 11.2 Å². The summed E-state index contributed by atoms with van der Waals surface area (Å²) in [5.41, 5.74) is 4.29. The Morgan fingerprint density at radius 2 is 1.82 bits per heavy atom. The van der Waals surface area contributed by atoms with Gasteiger partial charge in [-0.05, 0) is 30.7 Å². The maximum Gasteiger partial charge on any atom is 0.236 e. The summed E-state index contributed by atoms with van der Waals surface area (Å²) in [4.78, 5) is 13.9. The normalized spacial score (nSPS) is 13.9. The molecule has 1 heterocycles. The summed E-state index contributed by atoms with van der Waals surface area (Å²) in [7, 11) is 0. The second kappa shape index (κ2) is 3.74. The molecular formula is C15H13NO. The van der Waals surface area contributed by atoms with Gasteiger partial charge in [0.25, 0.3) is 0 Å². The molecule has 84 valence electrons. The standard InChI is InChI=1S/C15H13NO/c1-11-7-8-14-12(9-11)10-15(17)16(14)13-5-3-2-4-6-13/h2-9H,10H2,1H3. The average Bonchev–Trinajstić information content (AvgIpc) is 2.65. The molecular weight excluding hydrogens is 210 g/mol. The average molecular weight is 223 g/mol. The van der Waals surface area contributed by atoms with Crippen molar-refractivity contribution >= 4 is 17.3 Å². The molecule has 0 radical (unpaired) electrons. The number of anilines is 2. The van der Waals surface area contributed by atoms with Crippen molar-refractivity contribution in [2.24, 2.45) is 0 Å². The molecule has 3 rings (SSSR count). The molecule has 0 saturated carbocycles. The third-order valence-corrected chi connectivity index (χ3v) is 3.08. The summed E-state index contributed by atoms with van der Waals surface area (Å²) in [6.45, 7) is 2.05. The predicted molar refractivity (Wildman–Crippen MR) is 68.5 cm³/mol. The number of amides is 1. The van der Waals surface area contributed by atoms with E-state index in [1.807, 2.05) is 42.5 Å². The fourth-order valence-electron chi connectivity index (χ4n) is 2.31. The Kier molecular flexibility index (Phi) is 2.22. The van der Waals surface area contributed by atoms with Crippen molar-refractivity contribution in [1.82, 2.24) is 0 Å². The molecule has 0 aromatic heterocycles. The van der Waals surface area contributed by atoms with Crippen LogP contribution in [0.25, 0.3) is 0 Å². The summed E-state index contributed by atoms with van der Waals surface area (Å²) in [5.74, 6) is 0.150. The van der Waals surface area contributed by atoms with Gasteiger partial charge in [0.2, 0.25) is 5.91 Å². The van der Waals surface area contributed by atoms with Crippen LogP contribution in [0.4, 0.5) is 11.4 Å². The first-order chi connectivity index (χ1) is 8.25. The van der Waals surface area contributed by atoms with E-state index in [9.17, 15) is 4.79 Å². The summed E-state index contributed by atoms with van der Waals surface area (Å²) < 4.78 is 0. The van der Waals surface area contributed by atoms with Crippen LogP contribution in [0, 0.1) is 6.92 Å². The van der Waals surface area contributed by atoms with E-state index < -0.39 is 0 Å². The molecule has 1 amide bonds. The molecule has 2 aromatic rings. The first-order valence-corrected chi connectivity index (χ1v) is 5.73. The Morgan fingerprint density at radius 3 is 2.59 bits per heavy atom. The number of benzene rings is 2. The highest BCUT2D eigenvalue weighted by Gasteiger charge is 2.28. The maximum absolute atomic E-state index is 12.1. The quantitative estimate of drug-likeness (QED) is 0.727. The number of hydrogen-bond acceptors (Lipinski definition) is 1. The van der Waals surface area contributed by atoms with Gasteiger partial charge in [-0.3, -0.25) is 9.69 Å². The monoisotopic (exact) mass is 223 g/mol. The number of nitrogens with zero attached hydrogens (tertiary/aromatic N) is 1. The van der Waals surface area contributed by atoms with Crippen molar-refractivity contribution in [2.45, 2.75) is 13.3 Å². The van der Waals surface area contributed by atoms with E-state index in [0.29, 0.717) is 6.42 Å². The van der Waals surface area contributed by atoms with Crippen LogP contribution in [0.5, 0.6) is 0 Å². The molecule has 17 heavy (non-hydrogen) atoms. The Hall–Kier alpha value is -2.09. The number of carbonyl (C=O) groups excluding carboxylic acids is 1. The molecule has 2 nitrogen and oxygen atoms in total. The van der Waals surface area contributed by atoms with Gasteiger partial charge in [0.15, 0.2) is 0 Å². The molecule has 0 unspecified atom stereocenters. The molecule has 0 bridgehead atoms. The molecule has 2 aromatic carbocycles. The summed E-state index contributed by atoms with van der Waals surface area (Å²) in [6, 6.07) is 16.0. The van der Waals surface area contributed by atoms with Crippen LogP contribution in [0.15, 0.2) is 48.5 Å². The van der Waals surface area contributed by atoms with Crippen LogP contribution in [0.1, 0.15) is 11.1 Å². The lowest BCUT2D eigenvalue weighted by Crippen LogP contribution is -2.20. The third kappa shape index (κ3) is 1.62. The number of fused-ring (bicyclic) bond motifs is 1. The van der Waals surface area contributed by atoms with Gasteiger partial charge in [-0.15, -0.1) is 0 Å². The zero-order valence-corrected chi connectivity index (χ0v) is 9.68. The SMILES string of the molecule is Cc1ccc2c(c1)CC(=O)N2c1ccccc1. The molecule has 0 saturated heterocycles. The summed E-state index contributed by atoms with van der Waals surface area (Å²) in [5, 5.41) is 0. The van der Waals surface area contributed by atoms with Gasteiger partial charge in [0, 0.05) is 5.69 Å². The van der Waals surface area contributed by atoms with Gasteiger partial charge in [-0.25, -0.2) is 0 Å². The van der Waals surface area contributed by atoms with E-state index >= 15 is 0 Å². The maximum atomic E-state index is 12.1. The van der Waals surface area contributed by atoms with Crippen molar-refractivity contribution < 1.29 is 4.79 Å². The van der Waals surface area contributed by atoms with Gasteiger partial charge >= 0.3 is 0 Å². The Bertz CT molecular complexity index is 575. The highest BCUT2D eigenvalue weighted by molar-refractivity contribution is 6.07. The zero-order chi connectivity index (χ0) is 11.8. The van der Waals surface area contributed by atoms with E-state index in [1.165, 1.54) is 5.56 Å².